The van der Waals surface area contributed by atoms with Crippen LogP contribution in [0, 0.1) is 0 Å². The van der Waals surface area contributed by atoms with Crippen LogP contribution in [-0.2, 0) is 4.79 Å². The zero-order chi connectivity index (χ0) is 6.69. The molecule has 0 bridgehead atoms. The van der Waals surface area contributed by atoms with Gasteiger partial charge >= 0.3 is 0 Å². The number of ketones is 1. The molecule has 0 spiro atoms. The first-order valence-corrected chi connectivity index (χ1v) is 3.91. The summed E-state index contributed by atoms with van der Waals surface area (Å²) in [5, 5.41) is -0.174. The van der Waals surface area contributed by atoms with Crippen LogP contribution in [0.15, 0.2) is 0 Å². The molecule has 0 heterocycles. The molecule has 1 saturated carbocycles. The molecule has 0 aliphatic heterocycles. The minimum atomic E-state index is -0.174. The fourth-order valence-corrected chi connectivity index (χ4v) is 1.38. The predicted octanol–water partition coefficient (Wildman–Crippen LogP) is 2.13. The van der Waals surface area contributed by atoms with Crippen molar-refractivity contribution in [1.82, 2.24) is 0 Å². The van der Waals surface area contributed by atoms with E-state index in [0.717, 1.165) is 19.3 Å². The molecule has 1 rings (SSSR count). The predicted molar refractivity (Wildman–Crippen MR) is 37.7 cm³/mol. The van der Waals surface area contributed by atoms with Crippen molar-refractivity contribution in [3.8, 4) is 0 Å². The van der Waals surface area contributed by atoms with Crippen LogP contribution in [0.5, 0.6) is 0 Å². The van der Waals surface area contributed by atoms with Crippen molar-refractivity contribution in [3.63, 3.8) is 0 Å². The van der Waals surface area contributed by atoms with Gasteiger partial charge in [-0.2, -0.15) is 0 Å². The Morgan fingerprint density at radius 1 is 1.33 bits per heavy atom. The summed E-state index contributed by atoms with van der Waals surface area (Å²) in [4.78, 5) is 10.9. The topological polar surface area (TPSA) is 17.1 Å². The van der Waals surface area contributed by atoms with Gasteiger partial charge in [0.15, 0.2) is 5.78 Å². The maximum absolute atomic E-state index is 10.9. The molecule has 0 aromatic heterocycles. The largest absolute Gasteiger partial charge is 0.298 e. The van der Waals surface area contributed by atoms with Gasteiger partial charge in [-0.25, -0.2) is 0 Å². The number of hydrogen-bond donors (Lipinski definition) is 0. The standard InChI is InChI=1S/C7H11ClO/c8-6-4-2-1-3-5-7(6)9/h6H,1-5H2/t6-/m0/s1. The Morgan fingerprint density at radius 2 is 2.11 bits per heavy atom. The molecule has 0 saturated heterocycles. The van der Waals surface area contributed by atoms with E-state index in [1.54, 1.807) is 0 Å². The van der Waals surface area contributed by atoms with Crippen LogP contribution in [0.2, 0.25) is 0 Å². The summed E-state index contributed by atoms with van der Waals surface area (Å²) in [7, 11) is 0. The molecule has 0 radical (unpaired) electrons. The van der Waals surface area contributed by atoms with Gasteiger partial charge in [-0.05, 0) is 12.8 Å². The maximum atomic E-state index is 10.9. The summed E-state index contributed by atoms with van der Waals surface area (Å²) in [5.41, 5.74) is 0. The van der Waals surface area contributed by atoms with E-state index in [2.05, 4.69) is 0 Å². The van der Waals surface area contributed by atoms with E-state index in [4.69, 9.17) is 11.6 Å². The van der Waals surface area contributed by atoms with E-state index >= 15 is 0 Å². The van der Waals surface area contributed by atoms with Crippen molar-refractivity contribution < 1.29 is 4.79 Å². The Kier molecular flexibility index (Phi) is 2.52. The number of carbonyl (C=O) groups is 1. The van der Waals surface area contributed by atoms with Crippen molar-refractivity contribution in [2.75, 3.05) is 0 Å². The van der Waals surface area contributed by atoms with Gasteiger partial charge in [0.25, 0.3) is 0 Å². The highest BCUT2D eigenvalue weighted by Gasteiger charge is 2.16. The normalized spacial score (nSPS) is 29.9. The van der Waals surface area contributed by atoms with Crippen LogP contribution in [0.25, 0.3) is 0 Å². The van der Waals surface area contributed by atoms with Gasteiger partial charge < -0.3 is 0 Å². The minimum absolute atomic E-state index is 0.174. The average molecular weight is 147 g/mol. The van der Waals surface area contributed by atoms with Gasteiger partial charge in [0.05, 0.1) is 5.38 Å². The van der Waals surface area contributed by atoms with Crippen LogP contribution in [0.3, 0.4) is 0 Å². The molecule has 0 amide bonds. The highest BCUT2D eigenvalue weighted by atomic mass is 35.5. The van der Waals surface area contributed by atoms with Crippen LogP contribution in [0.4, 0.5) is 0 Å². The quantitative estimate of drug-likeness (QED) is 0.378. The molecule has 52 valence electrons. The molecule has 1 atom stereocenters. The Bertz CT molecular complexity index is 111. The molecule has 1 aliphatic rings. The Hall–Kier alpha value is -0.0400. The van der Waals surface area contributed by atoms with Gasteiger partial charge in [0.1, 0.15) is 0 Å². The monoisotopic (exact) mass is 146 g/mol. The van der Waals surface area contributed by atoms with Crippen LogP contribution in [0.1, 0.15) is 32.1 Å². The molecule has 1 aliphatic carbocycles. The average Bonchev–Trinajstić information content (AvgIpc) is 1.99. The van der Waals surface area contributed by atoms with Crippen molar-refractivity contribution >= 4 is 17.4 Å². The van der Waals surface area contributed by atoms with Crippen LogP contribution >= 0.6 is 11.6 Å². The first kappa shape index (κ1) is 7.07. The summed E-state index contributed by atoms with van der Waals surface area (Å²) in [6.07, 6.45) is 4.94. The number of rotatable bonds is 0. The second-order valence-corrected chi connectivity index (χ2v) is 3.06. The minimum Gasteiger partial charge on any atom is -0.298 e. The zero-order valence-corrected chi connectivity index (χ0v) is 6.16. The molecule has 0 N–H and O–H groups in total. The zero-order valence-electron chi connectivity index (χ0n) is 5.40. The molecule has 2 heteroatoms. The summed E-state index contributed by atoms with van der Waals surface area (Å²) in [6, 6.07) is 0. The second kappa shape index (κ2) is 3.21. The lowest BCUT2D eigenvalue weighted by Gasteiger charge is -1.99. The SMILES string of the molecule is O=C1CCCCC[C@@H]1Cl. The summed E-state index contributed by atoms with van der Waals surface area (Å²) in [6.45, 7) is 0. The highest BCUT2D eigenvalue weighted by Crippen LogP contribution is 2.18. The van der Waals surface area contributed by atoms with Crippen molar-refractivity contribution in [3.05, 3.63) is 0 Å². The van der Waals surface area contributed by atoms with E-state index in [-0.39, 0.29) is 11.2 Å². The number of carbonyl (C=O) groups excluding carboxylic acids is 1. The lowest BCUT2D eigenvalue weighted by Crippen LogP contribution is -2.10. The maximum Gasteiger partial charge on any atom is 0.150 e. The lowest BCUT2D eigenvalue weighted by molar-refractivity contribution is -0.118. The second-order valence-electron chi connectivity index (χ2n) is 2.53. The molecular formula is C7H11ClO. The number of hydrogen-bond acceptors (Lipinski definition) is 1. The Morgan fingerprint density at radius 3 is 2.89 bits per heavy atom. The van der Waals surface area contributed by atoms with E-state index in [1.807, 2.05) is 0 Å². The third-order valence-corrected chi connectivity index (χ3v) is 2.19. The van der Waals surface area contributed by atoms with Gasteiger partial charge in [-0.1, -0.05) is 12.8 Å². The highest BCUT2D eigenvalue weighted by molar-refractivity contribution is 6.31. The molecule has 0 aromatic rings. The van der Waals surface area contributed by atoms with E-state index in [1.165, 1.54) is 6.42 Å². The van der Waals surface area contributed by atoms with Gasteiger partial charge in [-0.3, -0.25) is 4.79 Å². The van der Waals surface area contributed by atoms with Crippen molar-refractivity contribution in [1.29, 1.82) is 0 Å². The first-order chi connectivity index (χ1) is 4.30. The Balaban J connectivity index is 2.41. The van der Waals surface area contributed by atoms with Gasteiger partial charge in [-0.15, -0.1) is 11.6 Å². The van der Waals surface area contributed by atoms with Crippen LogP contribution in [-0.4, -0.2) is 11.2 Å². The molecule has 0 unspecified atom stereocenters. The molecular weight excluding hydrogens is 136 g/mol. The van der Waals surface area contributed by atoms with Gasteiger partial charge in [0, 0.05) is 6.42 Å². The smallest absolute Gasteiger partial charge is 0.150 e. The third kappa shape index (κ3) is 1.98. The Labute approximate surface area is 60.4 Å². The van der Waals surface area contributed by atoms with E-state index in [0.29, 0.717) is 6.42 Å². The fraction of sp³-hybridized carbons (Fsp3) is 0.857. The molecule has 1 fully saturated rings. The van der Waals surface area contributed by atoms with Crippen molar-refractivity contribution in [2.24, 2.45) is 0 Å². The summed E-state index contributed by atoms with van der Waals surface area (Å²) in [5.74, 6) is 0.245. The number of halogens is 1. The summed E-state index contributed by atoms with van der Waals surface area (Å²) >= 11 is 5.72. The first-order valence-electron chi connectivity index (χ1n) is 3.47. The molecule has 9 heavy (non-hydrogen) atoms. The summed E-state index contributed by atoms with van der Waals surface area (Å²) < 4.78 is 0. The lowest BCUT2D eigenvalue weighted by atomic mass is 10.2. The molecule has 0 aromatic carbocycles. The third-order valence-electron chi connectivity index (χ3n) is 1.73. The van der Waals surface area contributed by atoms with E-state index < -0.39 is 0 Å². The van der Waals surface area contributed by atoms with Gasteiger partial charge in [0.2, 0.25) is 0 Å². The van der Waals surface area contributed by atoms with Crippen molar-refractivity contribution in [2.45, 2.75) is 37.5 Å². The van der Waals surface area contributed by atoms with E-state index in [9.17, 15) is 4.79 Å². The number of Topliss-reactive ketones (excluding diaryl/α,β-unsaturated/α-hetero) is 1. The number of alkyl halides is 1. The fourth-order valence-electron chi connectivity index (χ4n) is 1.12. The van der Waals surface area contributed by atoms with Crippen LogP contribution < -0.4 is 0 Å². The molecule has 1 nitrogen and oxygen atoms in total.